The van der Waals surface area contributed by atoms with E-state index in [4.69, 9.17) is 10.2 Å². The molecule has 0 saturated heterocycles. The van der Waals surface area contributed by atoms with E-state index in [-0.39, 0.29) is 37.7 Å². The molecule has 5 nitrogen and oxygen atoms in total. The molecule has 0 spiro atoms. The van der Waals surface area contributed by atoms with Crippen molar-refractivity contribution in [3.63, 3.8) is 0 Å². The number of hydrogen-bond donors (Lipinski definition) is 2. The van der Waals surface area contributed by atoms with Crippen LogP contribution in [0, 0.1) is 0 Å². The fourth-order valence-electron chi connectivity index (χ4n) is 0.323. The zero-order valence-electron chi connectivity index (χ0n) is 6.27. The van der Waals surface area contributed by atoms with Crippen molar-refractivity contribution in [1.82, 2.24) is 0 Å². The summed E-state index contributed by atoms with van der Waals surface area (Å²) in [5.41, 5.74) is 0. The maximum atomic E-state index is 10.5. The van der Waals surface area contributed by atoms with Crippen LogP contribution in [-0.2, 0) is 14.3 Å². The quantitative estimate of drug-likeness (QED) is 0.389. The van der Waals surface area contributed by atoms with Gasteiger partial charge in [-0.3, -0.25) is 0 Å². The van der Waals surface area contributed by atoms with Gasteiger partial charge in [0.2, 0.25) is 0 Å². The van der Waals surface area contributed by atoms with E-state index in [0.717, 1.165) is 0 Å². The SMILES string of the molecule is CC(O)C(=O)OC(C)C(=O)O.[LiH].[LiH]. The molecule has 13 heavy (non-hydrogen) atoms. The first kappa shape index (κ1) is 18.8. The Kier molecular flexibility index (Phi) is 12.6. The third-order valence-electron chi connectivity index (χ3n) is 0.982. The Balaban J connectivity index is -0.000000500. The minimum atomic E-state index is -1.28. The Morgan fingerprint density at radius 3 is 1.85 bits per heavy atom. The van der Waals surface area contributed by atoms with E-state index in [1.165, 1.54) is 13.8 Å². The Bertz CT molecular complexity index is 170. The first-order valence-electron chi connectivity index (χ1n) is 3.06. The molecule has 0 aliphatic carbocycles. The number of aliphatic hydroxyl groups is 1. The van der Waals surface area contributed by atoms with Gasteiger partial charge in [-0.05, 0) is 13.8 Å². The van der Waals surface area contributed by atoms with E-state index in [2.05, 4.69) is 4.74 Å². The van der Waals surface area contributed by atoms with Crippen molar-refractivity contribution >= 4 is 49.7 Å². The Morgan fingerprint density at radius 1 is 1.23 bits per heavy atom. The van der Waals surface area contributed by atoms with Gasteiger partial charge in [-0.1, -0.05) is 0 Å². The molecule has 2 unspecified atom stereocenters. The van der Waals surface area contributed by atoms with Crippen LogP contribution in [0.25, 0.3) is 0 Å². The van der Waals surface area contributed by atoms with Crippen molar-refractivity contribution in [3.05, 3.63) is 0 Å². The van der Waals surface area contributed by atoms with E-state index < -0.39 is 24.1 Å². The fraction of sp³-hybridized carbons (Fsp3) is 0.667. The molecule has 0 fully saturated rings. The second kappa shape index (κ2) is 8.68. The molecule has 0 saturated carbocycles. The van der Waals surface area contributed by atoms with Crippen LogP contribution in [0.15, 0.2) is 0 Å². The number of carboxylic acids is 1. The van der Waals surface area contributed by atoms with Crippen LogP contribution in [-0.4, -0.2) is 72.1 Å². The van der Waals surface area contributed by atoms with Gasteiger partial charge in [0, 0.05) is 0 Å². The van der Waals surface area contributed by atoms with Crippen LogP contribution in [0.1, 0.15) is 13.8 Å². The normalized spacial score (nSPS) is 12.8. The third-order valence-corrected chi connectivity index (χ3v) is 0.982. The molecule has 0 aromatic carbocycles. The Hall–Kier alpha value is 0.0948. The predicted molar refractivity (Wildman–Crippen MR) is 49.2 cm³/mol. The van der Waals surface area contributed by atoms with E-state index in [9.17, 15) is 9.59 Å². The van der Waals surface area contributed by atoms with Gasteiger partial charge in [0.25, 0.3) is 0 Å². The summed E-state index contributed by atoms with van der Waals surface area (Å²) in [4.78, 5) is 20.6. The number of rotatable bonds is 3. The number of aliphatic hydroxyl groups excluding tert-OH is 1. The number of ether oxygens (including phenoxy) is 1. The molecule has 0 heterocycles. The summed E-state index contributed by atoms with van der Waals surface area (Å²) in [6.45, 7) is 2.42. The second-order valence-electron chi connectivity index (χ2n) is 2.09. The summed E-state index contributed by atoms with van der Waals surface area (Å²) in [6.07, 6.45) is -2.49. The number of carbonyl (C=O) groups excluding carboxylic acids is 1. The van der Waals surface area contributed by atoms with E-state index >= 15 is 0 Å². The maximum absolute atomic E-state index is 10.5. The van der Waals surface area contributed by atoms with Crippen molar-refractivity contribution in [3.8, 4) is 0 Å². The molecule has 0 amide bonds. The number of hydrogen-bond acceptors (Lipinski definition) is 4. The van der Waals surface area contributed by atoms with E-state index in [1.54, 1.807) is 0 Å². The molecule has 0 radical (unpaired) electrons. The number of aliphatic carboxylic acids is 1. The van der Waals surface area contributed by atoms with Gasteiger partial charge in [0.05, 0.1) is 0 Å². The minimum absolute atomic E-state index is 0. The number of carbonyl (C=O) groups is 2. The number of esters is 1. The van der Waals surface area contributed by atoms with Gasteiger partial charge in [-0.25, -0.2) is 9.59 Å². The van der Waals surface area contributed by atoms with Crippen molar-refractivity contribution in [1.29, 1.82) is 0 Å². The van der Waals surface area contributed by atoms with Crippen LogP contribution in [0.4, 0.5) is 0 Å². The molecule has 2 atom stereocenters. The fourth-order valence-corrected chi connectivity index (χ4v) is 0.323. The Labute approximate surface area is 100 Å². The molecule has 0 aromatic rings. The first-order valence-corrected chi connectivity index (χ1v) is 3.06. The van der Waals surface area contributed by atoms with Gasteiger partial charge in [0.15, 0.2) is 6.10 Å². The van der Waals surface area contributed by atoms with Crippen molar-refractivity contribution in [2.45, 2.75) is 26.1 Å². The molecule has 2 N–H and O–H groups in total. The molecule has 0 bridgehead atoms. The van der Waals surface area contributed by atoms with Crippen molar-refractivity contribution in [2.24, 2.45) is 0 Å². The standard InChI is InChI=1S/C6H10O5.2Li.2H/c1-3(7)6(10)11-4(2)5(8)9;;;;/h3-4,7H,1-2H3,(H,8,9);;;;. The number of carboxylic acid groups (broad SMARTS) is 1. The molecule has 0 aliphatic heterocycles. The molecule has 68 valence electrons. The summed E-state index contributed by atoms with van der Waals surface area (Å²) >= 11 is 0. The van der Waals surface area contributed by atoms with Crippen LogP contribution < -0.4 is 0 Å². The summed E-state index contributed by atoms with van der Waals surface area (Å²) < 4.78 is 4.28. The molecule has 0 aromatic heterocycles. The molecular weight excluding hydrogens is 166 g/mol. The van der Waals surface area contributed by atoms with Crippen LogP contribution in [0.2, 0.25) is 0 Å². The van der Waals surface area contributed by atoms with Gasteiger partial charge < -0.3 is 14.9 Å². The average molecular weight is 178 g/mol. The zero-order chi connectivity index (χ0) is 9.02. The van der Waals surface area contributed by atoms with Crippen molar-refractivity contribution in [2.75, 3.05) is 0 Å². The van der Waals surface area contributed by atoms with Crippen LogP contribution in [0.3, 0.4) is 0 Å². The first-order chi connectivity index (χ1) is 4.95. The summed E-state index contributed by atoms with van der Waals surface area (Å²) in [6, 6.07) is 0. The third kappa shape index (κ3) is 8.43. The average Bonchev–Trinajstić information content (AvgIpc) is 1.87. The summed E-state index contributed by atoms with van der Waals surface area (Å²) in [7, 11) is 0. The molecule has 7 heteroatoms. The zero-order valence-corrected chi connectivity index (χ0v) is 6.27. The van der Waals surface area contributed by atoms with Crippen molar-refractivity contribution < 1.29 is 24.5 Å². The summed E-state index contributed by atoms with van der Waals surface area (Å²) in [5.74, 6) is -2.17. The van der Waals surface area contributed by atoms with Gasteiger partial charge >= 0.3 is 49.7 Å². The van der Waals surface area contributed by atoms with Gasteiger partial charge in [-0.15, -0.1) is 0 Å². The topological polar surface area (TPSA) is 83.8 Å². The van der Waals surface area contributed by atoms with E-state index in [0.29, 0.717) is 0 Å². The predicted octanol–water partition coefficient (Wildman–Crippen LogP) is -1.91. The molecular formula is C6H12Li2O5. The summed E-state index contributed by atoms with van der Waals surface area (Å²) in [5, 5.41) is 16.8. The van der Waals surface area contributed by atoms with Crippen LogP contribution >= 0.6 is 0 Å². The van der Waals surface area contributed by atoms with Gasteiger partial charge in [-0.2, -0.15) is 0 Å². The van der Waals surface area contributed by atoms with E-state index in [1.807, 2.05) is 0 Å². The molecule has 0 rings (SSSR count). The second-order valence-corrected chi connectivity index (χ2v) is 2.09. The monoisotopic (exact) mass is 178 g/mol. The van der Waals surface area contributed by atoms with Gasteiger partial charge in [0.1, 0.15) is 6.10 Å². The van der Waals surface area contributed by atoms with Crippen LogP contribution in [0.5, 0.6) is 0 Å². The molecule has 0 aliphatic rings. The Morgan fingerprint density at radius 2 is 1.62 bits per heavy atom.